The molecule has 3 N–H and O–H groups in total. The van der Waals surface area contributed by atoms with Gasteiger partial charge in [0.15, 0.2) is 0 Å². The number of hydrogen-bond acceptors (Lipinski definition) is 5. The Kier molecular flexibility index (Phi) is 11.1. The number of halogens is 3. The standard InChI is InChI=1S/C24H26Cl2INO6/c1-14(9-16-11-17(34-2)4-6-21(16)27)28(8-7-15-3-5-19(25)20(26)10-15)13-22(29)18(24(32)33)12-23(30)31/h3-6,10-12,14,22,29H,7-9,13H2,1-2H3,(H,30,31)(H,32,33)/b18-12+. The van der Waals surface area contributed by atoms with Crippen molar-refractivity contribution in [3.05, 3.63) is 72.8 Å². The molecule has 0 aliphatic heterocycles. The summed E-state index contributed by atoms with van der Waals surface area (Å²) in [5, 5.41) is 29.9. The minimum atomic E-state index is -1.49. The molecule has 0 aliphatic rings. The Bertz CT molecular complexity index is 1060. The maximum Gasteiger partial charge on any atom is 0.334 e. The number of carboxylic acids is 2. The molecule has 0 radical (unpaired) electrons. The van der Waals surface area contributed by atoms with Crippen LogP contribution in [0.1, 0.15) is 18.1 Å². The van der Waals surface area contributed by atoms with E-state index >= 15 is 0 Å². The van der Waals surface area contributed by atoms with E-state index in [0.29, 0.717) is 35.5 Å². The van der Waals surface area contributed by atoms with Crippen molar-refractivity contribution in [3.63, 3.8) is 0 Å². The first-order valence-corrected chi connectivity index (χ1v) is 12.2. The topological polar surface area (TPSA) is 107 Å². The normalized spacial score (nSPS) is 13.6. The first-order chi connectivity index (χ1) is 16.0. The van der Waals surface area contributed by atoms with Gasteiger partial charge in [-0.15, -0.1) is 0 Å². The average molecular weight is 622 g/mol. The summed E-state index contributed by atoms with van der Waals surface area (Å²) >= 11 is 14.4. The van der Waals surface area contributed by atoms with Gasteiger partial charge in [0.25, 0.3) is 0 Å². The van der Waals surface area contributed by atoms with Gasteiger partial charge in [-0.25, -0.2) is 9.59 Å². The molecule has 2 unspecified atom stereocenters. The van der Waals surface area contributed by atoms with Crippen molar-refractivity contribution >= 4 is 57.7 Å². The number of aliphatic carboxylic acids is 2. The highest BCUT2D eigenvalue weighted by Gasteiger charge is 2.25. The van der Waals surface area contributed by atoms with Crippen LogP contribution in [0, 0.1) is 3.57 Å². The van der Waals surface area contributed by atoms with Gasteiger partial charge >= 0.3 is 11.9 Å². The van der Waals surface area contributed by atoms with E-state index in [-0.39, 0.29) is 12.6 Å². The van der Waals surface area contributed by atoms with Gasteiger partial charge in [-0.1, -0.05) is 29.3 Å². The van der Waals surface area contributed by atoms with Crippen LogP contribution in [0.15, 0.2) is 48.0 Å². The van der Waals surface area contributed by atoms with Crippen molar-refractivity contribution in [2.75, 3.05) is 20.2 Å². The highest BCUT2D eigenvalue weighted by Crippen LogP contribution is 2.24. The van der Waals surface area contributed by atoms with Crippen molar-refractivity contribution in [3.8, 4) is 5.75 Å². The second kappa shape index (κ2) is 13.3. The van der Waals surface area contributed by atoms with E-state index in [9.17, 15) is 19.8 Å². The number of rotatable bonds is 12. The molecule has 10 heteroatoms. The molecule has 2 atom stereocenters. The number of hydrogen-bond donors (Lipinski definition) is 3. The minimum absolute atomic E-state index is 0.0611. The lowest BCUT2D eigenvalue weighted by Crippen LogP contribution is -2.43. The maximum absolute atomic E-state index is 11.5. The zero-order valence-corrected chi connectivity index (χ0v) is 22.3. The van der Waals surface area contributed by atoms with Gasteiger partial charge in [0, 0.05) is 28.8 Å². The van der Waals surface area contributed by atoms with Crippen molar-refractivity contribution in [2.24, 2.45) is 0 Å². The van der Waals surface area contributed by atoms with Crippen LogP contribution >= 0.6 is 45.8 Å². The van der Waals surface area contributed by atoms with Gasteiger partial charge in [0.05, 0.1) is 28.8 Å². The monoisotopic (exact) mass is 621 g/mol. The molecule has 2 aromatic carbocycles. The number of nitrogens with zero attached hydrogens (tertiary/aromatic N) is 1. The summed E-state index contributed by atoms with van der Waals surface area (Å²) < 4.78 is 6.38. The number of carbonyl (C=O) groups is 2. The highest BCUT2D eigenvalue weighted by atomic mass is 127. The van der Waals surface area contributed by atoms with Crippen LogP contribution in [0.25, 0.3) is 0 Å². The lowest BCUT2D eigenvalue weighted by atomic mass is 10.0. The third-order valence-electron chi connectivity index (χ3n) is 5.36. The van der Waals surface area contributed by atoms with E-state index in [1.54, 1.807) is 19.2 Å². The van der Waals surface area contributed by atoms with E-state index < -0.39 is 23.6 Å². The predicted molar refractivity (Wildman–Crippen MR) is 140 cm³/mol. The van der Waals surface area contributed by atoms with Crippen LogP contribution in [0.5, 0.6) is 5.75 Å². The van der Waals surface area contributed by atoms with Crippen molar-refractivity contribution in [1.29, 1.82) is 0 Å². The summed E-state index contributed by atoms with van der Waals surface area (Å²) in [5.74, 6) is -2.19. The fraction of sp³-hybridized carbons (Fsp3) is 0.333. The number of aliphatic hydroxyl groups is 1. The third kappa shape index (κ3) is 8.42. The van der Waals surface area contributed by atoms with E-state index in [1.165, 1.54) is 0 Å². The van der Waals surface area contributed by atoms with Crippen LogP contribution < -0.4 is 4.74 Å². The van der Waals surface area contributed by atoms with Gasteiger partial charge in [0.2, 0.25) is 0 Å². The quantitative estimate of drug-likeness (QED) is 0.236. The number of benzene rings is 2. The van der Waals surface area contributed by atoms with Crippen LogP contribution in [0.3, 0.4) is 0 Å². The van der Waals surface area contributed by atoms with E-state index in [2.05, 4.69) is 22.6 Å². The molecule has 34 heavy (non-hydrogen) atoms. The van der Waals surface area contributed by atoms with Crippen LogP contribution in [0.4, 0.5) is 0 Å². The molecule has 2 aromatic rings. The minimum Gasteiger partial charge on any atom is -0.497 e. The third-order valence-corrected chi connectivity index (χ3v) is 7.15. The first-order valence-electron chi connectivity index (χ1n) is 10.4. The predicted octanol–water partition coefficient (Wildman–Crippen LogP) is 4.54. The Morgan fingerprint density at radius 1 is 1.15 bits per heavy atom. The van der Waals surface area contributed by atoms with E-state index in [4.69, 9.17) is 33.0 Å². The largest absolute Gasteiger partial charge is 0.497 e. The fourth-order valence-corrected chi connectivity index (χ4v) is 4.37. The lowest BCUT2D eigenvalue weighted by molar-refractivity contribution is -0.136. The highest BCUT2D eigenvalue weighted by molar-refractivity contribution is 14.1. The van der Waals surface area contributed by atoms with Crippen molar-refractivity contribution in [1.82, 2.24) is 4.90 Å². The Morgan fingerprint density at radius 2 is 1.85 bits per heavy atom. The molecule has 184 valence electrons. The molecule has 7 nitrogen and oxygen atoms in total. The van der Waals surface area contributed by atoms with Crippen LogP contribution in [0.2, 0.25) is 10.0 Å². The van der Waals surface area contributed by atoms with E-state index in [0.717, 1.165) is 20.4 Å². The maximum atomic E-state index is 11.5. The molecule has 0 saturated carbocycles. The zero-order chi connectivity index (χ0) is 25.4. The van der Waals surface area contributed by atoms with Crippen molar-refractivity contribution < 1.29 is 29.6 Å². The number of methoxy groups -OCH3 is 1. The number of carboxylic acid groups (broad SMARTS) is 2. The molecule has 0 bridgehead atoms. The SMILES string of the molecule is COc1ccc(I)c(CC(C)N(CCc2ccc(Cl)c(Cl)c2)CC(O)/C(=C\C(=O)O)C(=O)O)c1. The Labute approximate surface area is 222 Å². The molecule has 0 aliphatic carbocycles. The summed E-state index contributed by atoms with van der Waals surface area (Å²) in [4.78, 5) is 24.5. The molecule has 0 saturated heterocycles. The number of aliphatic hydroxyl groups excluding tert-OH is 1. The summed E-state index contributed by atoms with van der Waals surface area (Å²) in [7, 11) is 1.59. The molecule has 0 amide bonds. The first kappa shape index (κ1) is 28.4. The van der Waals surface area contributed by atoms with Gasteiger partial charge in [-0.2, -0.15) is 0 Å². The average Bonchev–Trinajstić information content (AvgIpc) is 2.78. The smallest absolute Gasteiger partial charge is 0.334 e. The number of ether oxygens (including phenoxy) is 1. The second-order valence-corrected chi connectivity index (χ2v) is 9.74. The molecule has 0 heterocycles. The Morgan fingerprint density at radius 3 is 2.44 bits per heavy atom. The van der Waals surface area contributed by atoms with E-state index in [1.807, 2.05) is 36.1 Å². The molecule has 0 aromatic heterocycles. The van der Waals surface area contributed by atoms with Crippen LogP contribution in [-0.4, -0.2) is 64.5 Å². The summed E-state index contributed by atoms with van der Waals surface area (Å²) in [6.07, 6.45) is 0.206. The second-order valence-electron chi connectivity index (χ2n) is 7.76. The van der Waals surface area contributed by atoms with Gasteiger partial charge < -0.3 is 20.1 Å². The van der Waals surface area contributed by atoms with Crippen molar-refractivity contribution in [2.45, 2.75) is 31.9 Å². The van der Waals surface area contributed by atoms with Gasteiger partial charge in [0.1, 0.15) is 5.75 Å². The zero-order valence-electron chi connectivity index (χ0n) is 18.7. The lowest BCUT2D eigenvalue weighted by Gasteiger charge is -2.31. The molecule has 0 spiro atoms. The Hall–Kier alpha value is -1.85. The molecular formula is C24H26Cl2INO6. The molecule has 0 fully saturated rings. The summed E-state index contributed by atoms with van der Waals surface area (Å²) in [6.45, 7) is 2.38. The molecular weight excluding hydrogens is 596 g/mol. The Balaban J connectivity index is 2.28. The molecule has 2 rings (SSSR count). The van der Waals surface area contributed by atoms with Crippen LogP contribution in [-0.2, 0) is 22.4 Å². The fourth-order valence-electron chi connectivity index (χ4n) is 3.50. The summed E-state index contributed by atoms with van der Waals surface area (Å²) in [5.41, 5.74) is 1.40. The van der Waals surface area contributed by atoms with Gasteiger partial charge in [-0.3, -0.25) is 4.90 Å². The van der Waals surface area contributed by atoms with Gasteiger partial charge in [-0.05, 0) is 83.8 Å². The summed E-state index contributed by atoms with van der Waals surface area (Å²) in [6, 6.07) is 11.0.